The van der Waals surface area contributed by atoms with E-state index in [1.807, 2.05) is 24.3 Å². The Kier molecular flexibility index (Phi) is 5.76. The van der Waals surface area contributed by atoms with Crippen LogP contribution in [0.3, 0.4) is 0 Å². The zero-order valence-corrected chi connectivity index (χ0v) is 14.0. The van der Waals surface area contributed by atoms with Crippen LogP contribution in [0.5, 0.6) is 5.75 Å². The molecule has 2 rings (SSSR count). The number of amides is 1. The van der Waals surface area contributed by atoms with E-state index in [2.05, 4.69) is 21.2 Å². The van der Waals surface area contributed by atoms with Gasteiger partial charge in [-0.25, -0.2) is 4.79 Å². The maximum Gasteiger partial charge on any atom is 0.328 e. The van der Waals surface area contributed by atoms with Crippen LogP contribution in [-0.4, -0.2) is 30.1 Å². The molecule has 1 amide bonds. The highest BCUT2D eigenvalue weighted by molar-refractivity contribution is 9.10. The minimum Gasteiger partial charge on any atom is -0.508 e. The molecule has 5 nitrogen and oxygen atoms in total. The second kappa shape index (κ2) is 7.78. The van der Waals surface area contributed by atoms with E-state index >= 15 is 0 Å². The Labute approximate surface area is 142 Å². The van der Waals surface area contributed by atoms with Crippen molar-refractivity contribution in [1.82, 2.24) is 5.32 Å². The van der Waals surface area contributed by atoms with Gasteiger partial charge >= 0.3 is 5.97 Å². The van der Waals surface area contributed by atoms with Crippen molar-refractivity contribution in [2.45, 2.75) is 12.5 Å². The monoisotopic (exact) mass is 377 g/mol. The molecule has 0 fully saturated rings. The summed E-state index contributed by atoms with van der Waals surface area (Å²) in [7, 11) is 1.28. The molecule has 2 aromatic rings. The van der Waals surface area contributed by atoms with E-state index in [0.717, 1.165) is 10.0 Å². The zero-order valence-electron chi connectivity index (χ0n) is 12.5. The number of halogens is 1. The molecule has 2 aromatic carbocycles. The fraction of sp³-hybridized carbons (Fsp3) is 0.176. The number of methoxy groups -OCH3 is 1. The third kappa shape index (κ3) is 4.56. The van der Waals surface area contributed by atoms with E-state index < -0.39 is 17.9 Å². The average Bonchev–Trinajstić information content (AvgIpc) is 2.56. The van der Waals surface area contributed by atoms with Crippen molar-refractivity contribution >= 4 is 27.8 Å². The minimum atomic E-state index is -0.806. The van der Waals surface area contributed by atoms with Crippen LogP contribution in [0.25, 0.3) is 0 Å². The van der Waals surface area contributed by atoms with Gasteiger partial charge in [0, 0.05) is 16.5 Å². The lowest BCUT2D eigenvalue weighted by Gasteiger charge is -2.17. The van der Waals surface area contributed by atoms with Crippen molar-refractivity contribution in [1.29, 1.82) is 0 Å². The lowest BCUT2D eigenvalue weighted by molar-refractivity contribution is -0.142. The number of phenolic OH excluding ortho intramolecular Hbond substituents is 1. The SMILES string of the molecule is COC(=O)[C@H](Cc1ccccc1Br)NC(=O)c1ccc(O)cc1. The predicted molar refractivity (Wildman–Crippen MR) is 89.2 cm³/mol. The molecule has 6 heteroatoms. The summed E-state index contributed by atoms with van der Waals surface area (Å²) in [5, 5.41) is 11.9. The van der Waals surface area contributed by atoms with Crippen LogP contribution in [0.1, 0.15) is 15.9 Å². The Morgan fingerprint density at radius 2 is 1.83 bits per heavy atom. The third-order valence-electron chi connectivity index (χ3n) is 3.30. The number of benzene rings is 2. The highest BCUT2D eigenvalue weighted by Gasteiger charge is 2.23. The van der Waals surface area contributed by atoms with Gasteiger partial charge in [-0.05, 0) is 35.9 Å². The van der Waals surface area contributed by atoms with Crippen LogP contribution >= 0.6 is 15.9 Å². The highest BCUT2D eigenvalue weighted by Crippen LogP contribution is 2.18. The van der Waals surface area contributed by atoms with Gasteiger partial charge in [-0.2, -0.15) is 0 Å². The third-order valence-corrected chi connectivity index (χ3v) is 4.08. The Morgan fingerprint density at radius 3 is 2.43 bits per heavy atom. The fourth-order valence-electron chi connectivity index (χ4n) is 2.07. The van der Waals surface area contributed by atoms with Crippen LogP contribution in [0, 0.1) is 0 Å². The van der Waals surface area contributed by atoms with Gasteiger partial charge in [-0.3, -0.25) is 4.79 Å². The average molecular weight is 378 g/mol. The van der Waals surface area contributed by atoms with Gasteiger partial charge in [0.2, 0.25) is 0 Å². The van der Waals surface area contributed by atoms with Gasteiger partial charge in [0.15, 0.2) is 0 Å². The molecule has 120 valence electrons. The summed E-state index contributed by atoms with van der Waals surface area (Å²) in [5.41, 5.74) is 1.23. The van der Waals surface area contributed by atoms with E-state index in [1.165, 1.54) is 31.4 Å². The highest BCUT2D eigenvalue weighted by atomic mass is 79.9. The molecule has 2 N–H and O–H groups in total. The van der Waals surface area contributed by atoms with Crippen LogP contribution in [0.4, 0.5) is 0 Å². The molecule has 1 atom stereocenters. The molecule has 0 aliphatic carbocycles. The fourth-order valence-corrected chi connectivity index (χ4v) is 2.52. The second-order valence-electron chi connectivity index (χ2n) is 4.89. The zero-order chi connectivity index (χ0) is 16.8. The molecular formula is C17H16BrNO4. The van der Waals surface area contributed by atoms with Gasteiger partial charge in [0.25, 0.3) is 5.91 Å². The number of phenols is 1. The normalized spacial score (nSPS) is 11.6. The molecule has 0 saturated heterocycles. The van der Waals surface area contributed by atoms with Crippen molar-refractivity contribution in [2.24, 2.45) is 0 Å². The second-order valence-corrected chi connectivity index (χ2v) is 5.75. The maximum absolute atomic E-state index is 12.2. The van der Waals surface area contributed by atoms with Gasteiger partial charge in [0.1, 0.15) is 11.8 Å². The quantitative estimate of drug-likeness (QED) is 0.785. The summed E-state index contributed by atoms with van der Waals surface area (Å²) < 4.78 is 5.63. The molecule has 0 aromatic heterocycles. The summed E-state index contributed by atoms with van der Waals surface area (Å²) in [6, 6.07) is 12.4. The van der Waals surface area contributed by atoms with E-state index in [9.17, 15) is 14.7 Å². The minimum absolute atomic E-state index is 0.0688. The molecule has 0 bridgehead atoms. The smallest absolute Gasteiger partial charge is 0.328 e. The van der Waals surface area contributed by atoms with E-state index in [-0.39, 0.29) is 5.75 Å². The van der Waals surface area contributed by atoms with Crippen molar-refractivity contribution in [2.75, 3.05) is 7.11 Å². The number of carbonyl (C=O) groups is 2. The molecule has 0 aliphatic rings. The van der Waals surface area contributed by atoms with Crippen LogP contribution in [-0.2, 0) is 16.0 Å². The number of ether oxygens (including phenoxy) is 1. The number of hydrogen-bond donors (Lipinski definition) is 2. The summed E-state index contributed by atoms with van der Waals surface area (Å²) in [4.78, 5) is 24.2. The van der Waals surface area contributed by atoms with Crippen molar-refractivity contribution in [3.63, 3.8) is 0 Å². The molecule has 23 heavy (non-hydrogen) atoms. The largest absolute Gasteiger partial charge is 0.508 e. The van der Waals surface area contributed by atoms with Crippen molar-refractivity contribution in [3.8, 4) is 5.75 Å². The Balaban J connectivity index is 2.16. The molecular weight excluding hydrogens is 362 g/mol. The molecule has 0 saturated carbocycles. The number of carbonyl (C=O) groups excluding carboxylic acids is 2. The number of hydrogen-bond acceptors (Lipinski definition) is 4. The van der Waals surface area contributed by atoms with Gasteiger partial charge in [-0.1, -0.05) is 34.1 Å². The first kappa shape index (κ1) is 17.0. The number of nitrogens with one attached hydrogen (secondary N) is 1. The molecule has 0 heterocycles. The van der Waals surface area contributed by atoms with Crippen LogP contribution < -0.4 is 5.32 Å². The van der Waals surface area contributed by atoms with E-state index in [0.29, 0.717) is 12.0 Å². The number of aromatic hydroxyl groups is 1. The van der Waals surface area contributed by atoms with Crippen LogP contribution in [0.15, 0.2) is 53.0 Å². The van der Waals surface area contributed by atoms with Crippen LogP contribution in [0.2, 0.25) is 0 Å². The predicted octanol–water partition coefficient (Wildman–Crippen LogP) is 2.67. The standard InChI is InChI=1S/C17H16BrNO4/c1-23-17(22)15(10-12-4-2-3-5-14(12)18)19-16(21)11-6-8-13(20)9-7-11/h2-9,15,20H,10H2,1H3,(H,19,21)/t15-/m0/s1. The Bertz CT molecular complexity index is 700. The Morgan fingerprint density at radius 1 is 1.17 bits per heavy atom. The first-order valence-electron chi connectivity index (χ1n) is 6.92. The number of rotatable bonds is 5. The number of esters is 1. The van der Waals surface area contributed by atoms with E-state index in [1.54, 1.807) is 0 Å². The molecule has 0 unspecified atom stereocenters. The van der Waals surface area contributed by atoms with Crippen molar-refractivity contribution < 1.29 is 19.4 Å². The summed E-state index contributed by atoms with van der Waals surface area (Å²) in [6.07, 6.45) is 0.303. The van der Waals surface area contributed by atoms with Gasteiger partial charge in [-0.15, -0.1) is 0 Å². The molecule has 0 radical (unpaired) electrons. The van der Waals surface area contributed by atoms with Gasteiger partial charge in [0.05, 0.1) is 7.11 Å². The first-order chi connectivity index (χ1) is 11.0. The van der Waals surface area contributed by atoms with Gasteiger partial charge < -0.3 is 15.2 Å². The lowest BCUT2D eigenvalue weighted by Crippen LogP contribution is -2.43. The summed E-state index contributed by atoms with van der Waals surface area (Å²) in [5.74, 6) is -0.861. The molecule has 0 spiro atoms. The molecule has 0 aliphatic heterocycles. The Hall–Kier alpha value is -2.34. The topological polar surface area (TPSA) is 75.6 Å². The summed E-state index contributed by atoms with van der Waals surface area (Å²) in [6.45, 7) is 0. The maximum atomic E-state index is 12.2. The van der Waals surface area contributed by atoms with E-state index in [4.69, 9.17) is 4.74 Å². The first-order valence-corrected chi connectivity index (χ1v) is 7.71. The summed E-state index contributed by atoms with van der Waals surface area (Å²) >= 11 is 3.42. The van der Waals surface area contributed by atoms with Crippen molar-refractivity contribution in [3.05, 3.63) is 64.1 Å². The lowest BCUT2D eigenvalue weighted by atomic mass is 10.1.